The van der Waals surface area contributed by atoms with Gasteiger partial charge in [0.25, 0.3) is 0 Å². The Morgan fingerprint density at radius 1 is 1.14 bits per heavy atom. The van der Waals surface area contributed by atoms with Crippen molar-refractivity contribution in [2.24, 2.45) is 46.3 Å². The Kier molecular flexibility index (Phi) is 5.18. The minimum absolute atomic E-state index is 0.110. The number of carboxylic acids is 1. The van der Waals surface area contributed by atoms with Crippen LogP contribution >= 0.6 is 0 Å². The van der Waals surface area contributed by atoms with Gasteiger partial charge in [0.05, 0.1) is 11.7 Å². The molecular formula is C24H38O5. The first-order chi connectivity index (χ1) is 13.6. The van der Waals surface area contributed by atoms with Crippen molar-refractivity contribution in [1.82, 2.24) is 0 Å². The Bertz CT molecular complexity index is 678. The Morgan fingerprint density at radius 2 is 1.86 bits per heavy atom. The molecule has 29 heavy (non-hydrogen) atoms. The van der Waals surface area contributed by atoms with Crippen molar-refractivity contribution in [1.29, 1.82) is 0 Å². The van der Waals surface area contributed by atoms with E-state index in [4.69, 9.17) is 5.11 Å². The summed E-state index contributed by atoms with van der Waals surface area (Å²) in [5, 5.41) is 31.2. The molecule has 4 fully saturated rings. The predicted molar refractivity (Wildman–Crippen MR) is 109 cm³/mol. The average molecular weight is 407 g/mol. The van der Waals surface area contributed by atoms with Crippen molar-refractivity contribution in [3.8, 4) is 0 Å². The number of aliphatic carboxylic acids is 1. The van der Waals surface area contributed by atoms with Crippen LogP contribution in [0.15, 0.2) is 0 Å². The van der Waals surface area contributed by atoms with Gasteiger partial charge in [-0.3, -0.25) is 4.79 Å². The number of carbonyl (C=O) groups is 2. The summed E-state index contributed by atoms with van der Waals surface area (Å²) < 4.78 is 0. The summed E-state index contributed by atoms with van der Waals surface area (Å²) >= 11 is 0. The SMILES string of the molecule is C[C@H](CCC(=O)O)[C@H]1CCC2C3C(C=O)[C@]4(O)C[C@@H](O)CC[C@]4(C)C3CC[C@@]21C. The highest BCUT2D eigenvalue weighted by Crippen LogP contribution is 2.72. The highest BCUT2D eigenvalue weighted by Gasteiger charge is 2.72. The summed E-state index contributed by atoms with van der Waals surface area (Å²) in [5.41, 5.74) is -1.28. The Balaban J connectivity index is 1.65. The number of carboxylic acid groups (broad SMARTS) is 1. The molecule has 4 saturated carbocycles. The highest BCUT2D eigenvalue weighted by molar-refractivity contribution is 5.66. The number of rotatable bonds is 5. The fourth-order valence-electron chi connectivity index (χ4n) is 8.89. The zero-order chi connectivity index (χ0) is 21.2. The molecule has 0 aromatic rings. The quantitative estimate of drug-likeness (QED) is 0.606. The molecule has 10 atom stereocenters. The van der Waals surface area contributed by atoms with E-state index >= 15 is 0 Å². The predicted octanol–water partition coefficient (Wildman–Crippen LogP) is 3.66. The van der Waals surface area contributed by atoms with Crippen LogP contribution in [0.3, 0.4) is 0 Å². The molecule has 0 amide bonds. The normalized spacial score (nSPS) is 52.3. The second-order valence-corrected chi connectivity index (χ2v) is 11.3. The number of fused-ring (bicyclic) bond motifs is 5. The lowest BCUT2D eigenvalue weighted by molar-refractivity contribution is -0.156. The molecule has 0 aromatic carbocycles. The van der Waals surface area contributed by atoms with Gasteiger partial charge >= 0.3 is 5.97 Å². The summed E-state index contributed by atoms with van der Waals surface area (Å²) in [6.07, 6.45) is 7.53. The molecule has 4 aliphatic carbocycles. The Labute approximate surface area is 174 Å². The number of hydrogen-bond acceptors (Lipinski definition) is 4. The first kappa shape index (κ1) is 21.3. The largest absolute Gasteiger partial charge is 0.481 e. The average Bonchev–Trinajstić information content (AvgIpc) is 3.09. The molecule has 4 aliphatic rings. The molecule has 3 N–H and O–H groups in total. The molecule has 0 aliphatic heterocycles. The number of aldehydes is 1. The fourth-order valence-corrected chi connectivity index (χ4v) is 8.89. The summed E-state index contributed by atoms with van der Waals surface area (Å²) in [6, 6.07) is 0. The standard InChI is InChI=1S/C24H38O5/c1-14(4-7-20(27)28)16-5-6-17-21-18(9-10-22(16,17)2)23(3)11-8-15(26)12-24(23,29)19(21)13-25/h13-19,21,26,29H,4-12H2,1-3H3,(H,27,28)/t14-,15+,16-,17?,18?,19?,21?,22-,23-,24-/m1/s1. The van der Waals surface area contributed by atoms with Crippen LogP contribution in [0.1, 0.15) is 78.6 Å². The van der Waals surface area contributed by atoms with Gasteiger partial charge in [0.15, 0.2) is 0 Å². The van der Waals surface area contributed by atoms with Gasteiger partial charge < -0.3 is 20.1 Å². The molecule has 0 aromatic heterocycles. The number of carbonyl (C=O) groups excluding carboxylic acids is 1. The number of aliphatic hydroxyl groups excluding tert-OH is 1. The van der Waals surface area contributed by atoms with E-state index in [0.717, 1.165) is 38.4 Å². The molecule has 0 saturated heterocycles. The smallest absolute Gasteiger partial charge is 0.303 e. The van der Waals surface area contributed by atoms with Crippen LogP contribution in [0.5, 0.6) is 0 Å². The van der Waals surface area contributed by atoms with Gasteiger partial charge in [-0.15, -0.1) is 0 Å². The lowest BCUT2D eigenvalue weighted by Crippen LogP contribution is -2.54. The van der Waals surface area contributed by atoms with E-state index in [1.54, 1.807) is 0 Å². The van der Waals surface area contributed by atoms with E-state index in [2.05, 4.69) is 20.8 Å². The Morgan fingerprint density at radius 3 is 2.52 bits per heavy atom. The third-order valence-electron chi connectivity index (χ3n) is 10.4. The summed E-state index contributed by atoms with van der Waals surface area (Å²) in [4.78, 5) is 23.4. The molecule has 0 spiro atoms. The zero-order valence-electron chi connectivity index (χ0n) is 18.1. The molecule has 4 unspecified atom stereocenters. The van der Waals surface area contributed by atoms with Gasteiger partial charge in [0.1, 0.15) is 6.29 Å². The van der Waals surface area contributed by atoms with E-state index in [1.807, 2.05) is 0 Å². The maximum Gasteiger partial charge on any atom is 0.303 e. The van der Waals surface area contributed by atoms with Crippen LogP contribution in [-0.2, 0) is 9.59 Å². The van der Waals surface area contributed by atoms with E-state index in [1.165, 1.54) is 0 Å². The van der Waals surface area contributed by atoms with Gasteiger partial charge in [0, 0.05) is 24.2 Å². The van der Waals surface area contributed by atoms with E-state index in [-0.39, 0.29) is 23.2 Å². The van der Waals surface area contributed by atoms with Crippen molar-refractivity contribution in [2.75, 3.05) is 0 Å². The van der Waals surface area contributed by atoms with Gasteiger partial charge in [-0.2, -0.15) is 0 Å². The van der Waals surface area contributed by atoms with Crippen molar-refractivity contribution in [3.05, 3.63) is 0 Å². The molecule has 0 radical (unpaired) electrons. The second-order valence-electron chi connectivity index (χ2n) is 11.3. The second kappa shape index (κ2) is 7.05. The van der Waals surface area contributed by atoms with Gasteiger partial charge in [-0.1, -0.05) is 20.8 Å². The number of hydrogen-bond donors (Lipinski definition) is 3. The molecule has 0 bridgehead atoms. The van der Waals surface area contributed by atoms with Gasteiger partial charge in [0.2, 0.25) is 0 Å². The van der Waals surface area contributed by atoms with Crippen molar-refractivity contribution in [3.63, 3.8) is 0 Å². The van der Waals surface area contributed by atoms with Crippen LogP contribution < -0.4 is 0 Å². The third-order valence-corrected chi connectivity index (χ3v) is 10.4. The molecular weight excluding hydrogens is 368 g/mol. The fraction of sp³-hybridized carbons (Fsp3) is 0.917. The van der Waals surface area contributed by atoms with Gasteiger partial charge in [-0.25, -0.2) is 0 Å². The van der Waals surface area contributed by atoms with Crippen LogP contribution in [0.25, 0.3) is 0 Å². The topological polar surface area (TPSA) is 94.8 Å². The Hall–Kier alpha value is -0.940. The van der Waals surface area contributed by atoms with E-state index in [9.17, 15) is 19.8 Å². The molecule has 5 heteroatoms. The van der Waals surface area contributed by atoms with E-state index in [0.29, 0.717) is 42.9 Å². The van der Waals surface area contributed by atoms with Crippen LogP contribution in [0.2, 0.25) is 0 Å². The summed E-state index contributed by atoms with van der Waals surface area (Å²) in [7, 11) is 0. The third kappa shape index (κ3) is 2.86. The molecule has 5 nitrogen and oxygen atoms in total. The molecule has 4 rings (SSSR count). The van der Waals surface area contributed by atoms with Crippen molar-refractivity contribution < 1.29 is 24.9 Å². The van der Waals surface area contributed by atoms with Crippen LogP contribution in [-0.4, -0.2) is 39.3 Å². The first-order valence-electron chi connectivity index (χ1n) is 11.7. The highest BCUT2D eigenvalue weighted by atomic mass is 16.4. The molecule has 164 valence electrons. The summed E-state index contributed by atoms with van der Waals surface area (Å²) in [6.45, 7) is 6.74. The lowest BCUT2D eigenvalue weighted by atomic mass is 9.53. The summed E-state index contributed by atoms with van der Waals surface area (Å²) in [5.74, 6) is 0.633. The first-order valence-corrected chi connectivity index (χ1v) is 11.7. The van der Waals surface area contributed by atoms with Crippen LogP contribution in [0.4, 0.5) is 0 Å². The van der Waals surface area contributed by atoms with Crippen molar-refractivity contribution >= 4 is 12.3 Å². The maximum absolute atomic E-state index is 12.3. The molecule has 0 heterocycles. The minimum atomic E-state index is -1.10. The van der Waals surface area contributed by atoms with Crippen molar-refractivity contribution in [2.45, 2.75) is 90.3 Å². The monoisotopic (exact) mass is 406 g/mol. The van der Waals surface area contributed by atoms with Gasteiger partial charge in [-0.05, 0) is 80.0 Å². The zero-order valence-corrected chi connectivity index (χ0v) is 18.1. The minimum Gasteiger partial charge on any atom is -0.481 e. The maximum atomic E-state index is 12.3. The van der Waals surface area contributed by atoms with Crippen LogP contribution in [0, 0.1) is 46.3 Å². The lowest BCUT2D eigenvalue weighted by Gasteiger charge is -2.52. The number of aliphatic hydroxyl groups is 2. The van der Waals surface area contributed by atoms with E-state index < -0.39 is 23.6 Å².